The van der Waals surface area contributed by atoms with Crippen molar-refractivity contribution in [1.82, 2.24) is 15.3 Å². The van der Waals surface area contributed by atoms with Gasteiger partial charge in [-0.25, -0.2) is 9.97 Å². The molecule has 1 amide bonds. The highest BCUT2D eigenvalue weighted by Gasteiger charge is 2.42. The van der Waals surface area contributed by atoms with Crippen LogP contribution in [0.2, 0.25) is 0 Å². The molecule has 1 N–H and O–H groups in total. The number of hydrogen-bond acceptors (Lipinski definition) is 5. The summed E-state index contributed by atoms with van der Waals surface area (Å²) in [5, 5.41) is 6.06. The van der Waals surface area contributed by atoms with E-state index >= 15 is 0 Å². The molecule has 2 fully saturated rings. The van der Waals surface area contributed by atoms with E-state index in [1.54, 1.807) is 17.7 Å². The number of nitrogens with one attached hydrogen (secondary N) is 1. The van der Waals surface area contributed by atoms with E-state index in [1.165, 1.54) is 0 Å². The largest absolute Gasteiger partial charge is 0.355 e. The predicted molar refractivity (Wildman–Crippen MR) is 69.6 cm³/mol. The Bertz CT molecular complexity index is 625. The summed E-state index contributed by atoms with van der Waals surface area (Å²) in [7, 11) is 0. The van der Waals surface area contributed by atoms with Gasteiger partial charge < -0.3 is 10.2 Å². The van der Waals surface area contributed by atoms with Gasteiger partial charge in [-0.2, -0.15) is 0 Å². The summed E-state index contributed by atoms with van der Waals surface area (Å²) >= 11 is 1.63. The second-order valence-electron chi connectivity index (χ2n) is 4.85. The Morgan fingerprint density at radius 2 is 2.33 bits per heavy atom. The zero-order chi connectivity index (χ0) is 12.1. The third-order valence-electron chi connectivity index (χ3n) is 3.86. The van der Waals surface area contributed by atoms with Crippen molar-refractivity contribution in [3.8, 4) is 0 Å². The van der Waals surface area contributed by atoms with Crippen LogP contribution in [-0.2, 0) is 4.79 Å². The lowest BCUT2D eigenvalue weighted by Crippen LogP contribution is -2.29. The van der Waals surface area contributed by atoms with Gasteiger partial charge in [-0.15, -0.1) is 11.3 Å². The van der Waals surface area contributed by atoms with E-state index in [0.29, 0.717) is 5.92 Å². The van der Waals surface area contributed by atoms with Gasteiger partial charge in [0, 0.05) is 25.6 Å². The maximum Gasteiger partial charge on any atom is 0.225 e. The molecule has 2 aromatic heterocycles. The Morgan fingerprint density at radius 3 is 3.22 bits per heavy atom. The molecule has 2 aliphatic heterocycles. The van der Waals surface area contributed by atoms with E-state index < -0.39 is 0 Å². The molecule has 6 heteroatoms. The highest BCUT2D eigenvalue weighted by molar-refractivity contribution is 7.16. The van der Waals surface area contributed by atoms with E-state index in [-0.39, 0.29) is 11.8 Å². The number of carbonyl (C=O) groups is 1. The number of nitrogens with zero attached hydrogens (tertiary/aromatic N) is 3. The first-order chi connectivity index (χ1) is 8.83. The normalized spacial score (nSPS) is 26.7. The summed E-state index contributed by atoms with van der Waals surface area (Å²) in [6.07, 6.45) is 1.61. The van der Waals surface area contributed by atoms with E-state index in [4.69, 9.17) is 0 Å². The Morgan fingerprint density at radius 1 is 1.39 bits per heavy atom. The predicted octanol–water partition coefficient (Wildman–Crippen LogP) is 0.873. The number of fused-ring (bicyclic) bond motifs is 2. The van der Waals surface area contributed by atoms with Crippen molar-refractivity contribution in [2.75, 3.05) is 24.5 Å². The smallest absolute Gasteiger partial charge is 0.225 e. The molecule has 0 saturated carbocycles. The van der Waals surface area contributed by atoms with Gasteiger partial charge in [0.1, 0.15) is 17.0 Å². The van der Waals surface area contributed by atoms with Gasteiger partial charge in [-0.1, -0.05) is 0 Å². The standard InChI is InChI=1S/C12H12N4OS/c17-11-9-5-16(4-7(9)3-13-11)10-8-1-2-18-12(8)15-6-14-10/h1-2,6-7,9H,3-5H2,(H,13,17)/t7-,9+/m0/s1. The maximum absolute atomic E-state index is 11.7. The molecule has 0 aliphatic carbocycles. The lowest BCUT2D eigenvalue weighted by atomic mass is 10.0. The van der Waals surface area contributed by atoms with Gasteiger partial charge in [0.25, 0.3) is 0 Å². The molecule has 5 nitrogen and oxygen atoms in total. The van der Waals surface area contributed by atoms with Gasteiger partial charge in [0.05, 0.1) is 11.3 Å². The first-order valence-electron chi connectivity index (χ1n) is 6.04. The van der Waals surface area contributed by atoms with Gasteiger partial charge in [-0.05, 0) is 11.4 Å². The third kappa shape index (κ3) is 1.35. The minimum absolute atomic E-state index is 0.133. The average molecular weight is 260 g/mol. The second-order valence-corrected chi connectivity index (χ2v) is 5.75. The van der Waals surface area contributed by atoms with Crippen LogP contribution in [0.15, 0.2) is 17.8 Å². The molecule has 0 bridgehead atoms. The Labute approximate surface area is 108 Å². The minimum atomic E-state index is 0.133. The first-order valence-corrected chi connectivity index (χ1v) is 6.92. The van der Waals surface area contributed by atoms with Crippen LogP contribution in [0.5, 0.6) is 0 Å². The van der Waals surface area contributed by atoms with Gasteiger partial charge in [0.2, 0.25) is 5.91 Å². The highest BCUT2D eigenvalue weighted by Crippen LogP contribution is 2.34. The molecular weight excluding hydrogens is 248 g/mol. The molecule has 2 atom stereocenters. The van der Waals surface area contributed by atoms with Crippen LogP contribution in [-0.4, -0.2) is 35.5 Å². The molecule has 0 radical (unpaired) electrons. The van der Waals surface area contributed by atoms with Crippen LogP contribution in [0.4, 0.5) is 5.82 Å². The molecule has 2 saturated heterocycles. The molecule has 2 aliphatic rings. The molecule has 0 spiro atoms. The van der Waals surface area contributed by atoms with Crippen molar-refractivity contribution in [3.05, 3.63) is 17.8 Å². The molecular formula is C12H12N4OS. The Hall–Kier alpha value is -1.69. The summed E-state index contributed by atoms with van der Waals surface area (Å²) in [4.78, 5) is 23.6. The summed E-state index contributed by atoms with van der Waals surface area (Å²) in [5.74, 6) is 1.73. The van der Waals surface area contributed by atoms with Crippen molar-refractivity contribution in [2.24, 2.45) is 11.8 Å². The van der Waals surface area contributed by atoms with Crippen molar-refractivity contribution in [1.29, 1.82) is 0 Å². The Balaban J connectivity index is 1.72. The average Bonchev–Trinajstić information content (AvgIpc) is 3.06. The maximum atomic E-state index is 11.7. The van der Waals surface area contributed by atoms with Crippen LogP contribution in [0.25, 0.3) is 10.2 Å². The number of hydrogen-bond donors (Lipinski definition) is 1. The minimum Gasteiger partial charge on any atom is -0.355 e. The third-order valence-corrected chi connectivity index (χ3v) is 4.68. The topological polar surface area (TPSA) is 58.1 Å². The van der Waals surface area contributed by atoms with E-state index in [0.717, 1.165) is 35.7 Å². The van der Waals surface area contributed by atoms with Crippen LogP contribution >= 0.6 is 11.3 Å². The fourth-order valence-electron chi connectivity index (χ4n) is 2.94. The van der Waals surface area contributed by atoms with E-state index in [2.05, 4.69) is 26.3 Å². The van der Waals surface area contributed by atoms with Crippen LogP contribution in [0, 0.1) is 11.8 Å². The van der Waals surface area contributed by atoms with Crippen molar-refractivity contribution < 1.29 is 4.79 Å². The fourth-order valence-corrected chi connectivity index (χ4v) is 3.67. The van der Waals surface area contributed by atoms with Crippen molar-refractivity contribution >= 4 is 33.3 Å². The zero-order valence-corrected chi connectivity index (χ0v) is 10.5. The first kappa shape index (κ1) is 10.3. The van der Waals surface area contributed by atoms with Gasteiger partial charge >= 0.3 is 0 Å². The number of anilines is 1. The zero-order valence-electron chi connectivity index (χ0n) is 9.67. The van der Waals surface area contributed by atoms with Gasteiger partial charge in [-0.3, -0.25) is 4.79 Å². The summed E-state index contributed by atoms with van der Waals surface area (Å²) in [5.41, 5.74) is 0. The lowest BCUT2D eigenvalue weighted by molar-refractivity contribution is -0.122. The Kier molecular flexibility index (Phi) is 2.08. The molecule has 4 heterocycles. The fraction of sp³-hybridized carbons (Fsp3) is 0.417. The quantitative estimate of drug-likeness (QED) is 0.826. The SMILES string of the molecule is O=C1NC[C@H]2CN(c3ncnc4sccc34)C[C@@H]12. The molecule has 92 valence electrons. The van der Waals surface area contributed by atoms with E-state index in [9.17, 15) is 4.79 Å². The summed E-state index contributed by atoms with van der Waals surface area (Å²) in [6.45, 7) is 2.49. The number of thiophene rings is 1. The summed E-state index contributed by atoms with van der Waals surface area (Å²) in [6, 6.07) is 2.06. The molecule has 0 aromatic carbocycles. The molecule has 4 rings (SSSR count). The van der Waals surface area contributed by atoms with Crippen molar-refractivity contribution in [2.45, 2.75) is 0 Å². The number of aromatic nitrogens is 2. The number of amides is 1. The number of carbonyl (C=O) groups excluding carboxylic acids is 1. The van der Waals surface area contributed by atoms with Crippen LogP contribution in [0.3, 0.4) is 0 Å². The highest BCUT2D eigenvalue weighted by atomic mass is 32.1. The van der Waals surface area contributed by atoms with Crippen molar-refractivity contribution in [3.63, 3.8) is 0 Å². The van der Waals surface area contributed by atoms with Crippen LogP contribution < -0.4 is 10.2 Å². The monoisotopic (exact) mass is 260 g/mol. The van der Waals surface area contributed by atoms with Crippen LogP contribution in [0.1, 0.15) is 0 Å². The second kappa shape index (κ2) is 3.65. The number of rotatable bonds is 1. The molecule has 18 heavy (non-hydrogen) atoms. The van der Waals surface area contributed by atoms with Gasteiger partial charge in [0.15, 0.2) is 0 Å². The lowest BCUT2D eigenvalue weighted by Gasteiger charge is -2.18. The molecule has 2 aromatic rings. The molecule has 0 unspecified atom stereocenters. The van der Waals surface area contributed by atoms with E-state index in [1.807, 2.05) is 5.38 Å². The summed E-state index contributed by atoms with van der Waals surface area (Å²) < 4.78 is 0.